The molecule has 1 heterocycles. The molecule has 1 aliphatic rings. The fourth-order valence-corrected chi connectivity index (χ4v) is 4.89. The maximum absolute atomic E-state index is 13.5. The third-order valence-corrected chi connectivity index (χ3v) is 7.05. The van der Waals surface area contributed by atoms with Crippen LogP contribution in [0.4, 0.5) is 5.69 Å². The lowest BCUT2D eigenvalue weighted by Crippen LogP contribution is -2.40. The number of aryl methyl sites for hydroxylation is 1. The standard InChI is InChI=1S/C25H26N2O6S/c1-3-31-21-9-7-20(8-10-21)27(34(29,30)22-11-4-18(2)5-12-22)16-25(28)26-15-19-6-13-23-24(14-19)33-17-32-23/h4-14H,3,15-17H2,1-2H3,(H,26,28). The molecule has 0 saturated heterocycles. The average molecular weight is 483 g/mol. The molecule has 1 amide bonds. The summed E-state index contributed by atoms with van der Waals surface area (Å²) in [6.07, 6.45) is 0. The summed E-state index contributed by atoms with van der Waals surface area (Å²) in [5.41, 5.74) is 2.11. The first-order valence-electron chi connectivity index (χ1n) is 10.8. The number of hydrogen-bond donors (Lipinski definition) is 1. The zero-order chi connectivity index (χ0) is 24.1. The molecule has 0 unspecified atom stereocenters. The number of fused-ring (bicyclic) bond motifs is 1. The highest BCUT2D eigenvalue weighted by Crippen LogP contribution is 2.32. The number of rotatable bonds is 9. The topological polar surface area (TPSA) is 94.2 Å². The normalized spacial score (nSPS) is 12.3. The van der Waals surface area contributed by atoms with Crippen LogP contribution < -0.4 is 23.8 Å². The van der Waals surface area contributed by atoms with E-state index in [0.29, 0.717) is 29.5 Å². The van der Waals surface area contributed by atoms with Crippen molar-refractivity contribution in [1.82, 2.24) is 5.32 Å². The zero-order valence-corrected chi connectivity index (χ0v) is 19.8. The van der Waals surface area contributed by atoms with E-state index >= 15 is 0 Å². The molecule has 34 heavy (non-hydrogen) atoms. The number of anilines is 1. The molecule has 3 aromatic rings. The Morgan fingerprint density at radius 2 is 1.71 bits per heavy atom. The van der Waals surface area contributed by atoms with Crippen LogP contribution in [-0.2, 0) is 21.4 Å². The molecule has 0 aliphatic carbocycles. The Labute approximate surface area is 199 Å². The van der Waals surface area contributed by atoms with Gasteiger partial charge in [0, 0.05) is 6.54 Å². The van der Waals surface area contributed by atoms with Crippen molar-refractivity contribution in [2.24, 2.45) is 0 Å². The number of amides is 1. The van der Waals surface area contributed by atoms with Gasteiger partial charge in [0.2, 0.25) is 12.7 Å². The van der Waals surface area contributed by atoms with Gasteiger partial charge in [-0.3, -0.25) is 9.10 Å². The third-order valence-electron chi connectivity index (χ3n) is 5.26. The monoisotopic (exact) mass is 482 g/mol. The molecular formula is C25H26N2O6S. The molecule has 9 heteroatoms. The lowest BCUT2D eigenvalue weighted by molar-refractivity contribution is -0.119. The number of benzene rings is 3. The fraction of sp³-hybridized carbons (Fsp3) is 0.240. The number of nitrogens with zero attached hydrogens (tertiary/aromatic N) is 1. The number of ether oxygens (including phenoxy) is 3. The summed E-state index contributed by atoms with van der Waals surface area (Å²) in [5, 5.41) is 2.79. The molecule has 0 aromatic heterocycles. The van der Waals surface area contributed by atoms with Gasteiger partial charge in [-0.15, -0.1) is 0 Å². The highest BCUT2D eigenvalue weighted by atomic mass is 32.2. The number of carbonyl (C=O) groups is 1. The molecule has 3 aromatic carbocycles. The Bertz CT molecular complexity index is 1260. The van der Waals surface area contributed by atoms with Gasteiger partial charge in [-0.1, -0.05) is 23.8 Å². The third kappa shape index (κ3) is 5.26. The molecule has 0 saturated carbocycles. The van der Waals surface area contributed by atoms with E-state index in [2.05, 4.69) is 5.32 Å². The van der Waals surface area contributed by atoms with E-state index in [1.807, 2.05) is 19.9 Å². The molecule has 0 atom stereocenters. The predicted octanol–water partition coefficient (Wildman–Crippen LogP) is 3.63. The number of hydrogen-bond acceptors (Lipinski definition) is 6. The van der Waals surface area contributed by atoms with Crippen LogP contribution in [0.3, 0.4) is 0 Å². The quantitative estimate of drug-likeness (QED) is 0.501. The minimum absolute atomic E-state index is 0.107. The summed E-state index contributed by atoms with van der Waals surface area (Å²) in [5.74, 6) is 1.44. The molecule has 0 radical (unpaired) electrons. The van der Waals surface area contributed by atoms with E-state index < -0.39 is 15.9 Å². The van der Waals surface area contributed by atoms with Crippen LogP contribution >= 0.6 is 0 Å². The Hall–Kier alpha value is -3.72. The van der Waals surface area contributed by atoms with Gasteiger partial charge in [0.1, 0.15) is 12.3 Å². The molecule has 8 nitrogen and oxygen atoms in total. The van der Waals surface area contributed by atoms with Gasteiger partial charge in [0.25, 0.3) is 10.0 Å². The highest BCUT2D eigenvalue weighted by Gasteiger charge is 2.27. The maximum Gasteiger partial charge on any atom is 0.264 e. The maximum atomic E-state index is 13.5. The van der Waals surface area contributed by atoms with Crippen LogP contribution in [0.15, 0.2) is 71.6 Å². The van der Waals surface area contributed by atoms with E-state index in [1.165, 1.54) is 12.1 Å². The molecule has 4 rings (SSSR count). The Morgan fingerprint density at radius 3 is 2.41 bits per heavy atom. The van der Waals surface area contributed by atoms with E-state index in [-0.39, 0.29) is 24.8 Å². The second kappa shape index (κ2) is 10.0. The van der Waals surface area contributed by atoms with E-state index in [1.54, 1.807) is 48.5 Å². The Kier molecular flexibility index (Phi) is 6.93. The van der Waals surface area contributed by atoms with Crippen LogP contribution in [0, 0.1) is 6.92 Å². The van der Waals surface area contributed by atoms with Crippen molar-refractivity contribution in [2.45, 2.75) is 25.3 Å². The lowest BCUT2D eigenvalue weighted by Gasteiger charge is -2.24. The first-order chi connectivity index (χ1) is 16.4. The number of carbonyl (C=O) groups excluding carboxylic acids is 1. The Morgan fingerprint density at radius 1 is 1.00 bits per heavy atom. The van der Waals surface area contributed by atoms with Crippen molar-refractivity contribution in [3.8, 4) is 17.2 Å². The molecule has 1 aliphatic heterocycles. The summed E-state index contributed by atoms with van der Waals surface area (Å²) < 4.78 is 44.2. The second-order valence-electron chi connectivity index (χ2n) is 7.72. The van der Waals surface area contributed by atoms with Crippen LogP contribution in [-0.4, -0.2) is 34.3 Å². The summed E-state index contributed by atoms with van der Waals surface area (Å²) in [7, 11) is -3.99. The van der Waals surface area contributed by atoms with Crippen LogP contribution in [0.1, 0.15) is 18.1 Å². The van der Waals surface area contributed by atoms with E-state index in [0.717, 1.165) is 15.4 Å². The minimum Gasteiger partial charge on any atom is -0.494 e. The molecule has 178 valence electrons. The number of sulfonamides is 1. The van der Waals surface area contributed by atoms with Crippen LogP contribution in [0.2, 0.25) is 0 Å². The van der Waals surface area contributed by atoms with Crippen molar-refractivity contribution in [3.05, 3.63) is 77.9 Å². The molecule has 0 fully saturated rings. The predicted molar refractivity (Wildman–Crippen MR) is 128 cm³/mol. The minimum atomic E-state index is -3.99. The summed E-state index contributed by atoms with van der Waals surface area (Å²) in [4.78, 5) is 12.9. The first-order valence-corrected chi connectivity index (χ1v) is 12.3. The molecular weight excluding hydrogens is 456 g/mol. The largest absolute Gasteiger partial charge is 0.494 e. The van der Waals surface area contributed by atoms with Crippen molar-refractivity contribution < 1.29 is 27.4 Å². The lowest BCUT2D eigenvalue weighted by atomic mass is 10.2. The van der Waals surface area contributed by atoms with Crippen molar-refractivity contribution >= 4 is 21.6 Å². The summed E-state index contributed by atoms with van der Waals surface area (Å²) in [6.45, 7) is 4.24. The fourth-order valence-electron chi connectivity index (χ4n) is 3.47. The van der Waals surface area contributed by atoms with Gasteiger partial charge in [-0.25, -0.2) is 8.42 Å². The van der Waals surface area contributed by atoms with Crippen molar-refractivity contribution in [2.75, 3.05) is 24.2 Å². The SMILES string of the molecule is CCOc1ccc(N(CC(=O)NCc2ccc3c(c2)OCO3)S(=O)(=O)c2ccc(C)cc2)cc1. The molecule has 0 bridgehead atoms. The van der Waals surface area contributed by atoms with E-state index in [9.17, 15) is 13.2 Å². The van der Waals surface area contributed by atoms with Gasteiger partial charge in [0.05, 0.1) is 17.2 Å². The summed E-state index contributed by atoms with van der Waals surface area (Å²) >= 11 is 0. The van der Waals surface area contributed by atoms with E-state index in [4.69, 9.17) is 14.2 Å². The highest BCUT2D eigenvalue weighted by molar-refractivity contribution is 7.92. The van der Waals surface area contributed by atoms with Gasteiger partial charge < -0.3 is 19.5 Å². The first kappa shape index (κ1) is 23.4. The van der Waals surface area contributed by atoms with Crippen molar-refractivity contribution in [3.63, 3.8) is 0 Å². The van der Waals surface area contributed by atoms with Gasteiger partial charge in [0.15, 0.2) is 11.5 Å². The van der Waals surface area contributed by atoms with Crippen LogP contribution in [0.25, 0.3) is 0 Å². The summed E-state index contributed by atoms with van der Waals surface area (Å²) in [6, 6.07) is 18.5. The smallest absolute Gasteiger partial charge is 0.264 e. The van der Waals surface area contributed by atoms with Gasteiger partial charge in [-0.2, -0.15) is 0 Å². The molecule has 0 spiro atoms. The van der Waals surface area contributed by atoms with Crippen LogP contribution in [0.5, 0.6) is 17.2 Å². The second-order valence-corrected chi connectivity index (χ2v) is 9.58. The molecule has 1 N–H and O–H groups in total. The Balaban J connectivity index is 1.54. The average Bonchev–Trinajstić information content (AvgIpc) is 3.30. The van der Waals surface area contributed by atoms with Gasteiger partial charge in [-0.05, 0) is 67.9 Å². The zero-order valence-electron chi connectivity index (χ0n) is 19.0. The number of nitrogens with one attached hydrogen (secondary N) is 1. The van der Waals surface area contributed by atoms with Crippen molar-refractivity contribution in [1.29, 1.82) is 0 Å². The van der Waals surface area contributed by atoms with Gasteiger partial charge >= 0.3 is 0 Å².